The van der Waals surface area contributed by atoms with E-state index in [1.165, 1.54) is 0 Å². The fraction of sp³-hybridized carbons (Fsp3) is 0.167. The van der Waals surface area contributed by atoms with Crippen LogP contribution in [0.15, 0.2) is 29.3 Å². The van der Waals surface area contributed by atoms with Crippen molar-refractivity contribution >= 4 is 22.8 Å². The van der Waals surface area contributed by atoms with E-state index in [1.54, 1.807) is 20.2 Å². The zero-order valence-electron chi connectivity index (χ0n) is 10.2. The molecule has 0 radical (unpaired) electrons. The molecule has 18 heavy (non-hydrogen) atoms. The van der Waals surface area contributed by atoms with Crippen molar-refractivity contribution in [3.63, 3.8) is 0 Å². The minimum absolute atomic E-state index is 0.0798. The maximum Gasteiger partial charge on any atom is 0.296 e. The highest BCUT2D eigenvalue weighted by Gasteiger charge is 2.09. The average Bonchev–Trinajstić information content (AvgIpc) is 2.81. The molecule has 0 fully saturated rings. The largest absolute Gasteiger partial charge is 0.497 e. The molecule has 1 amide bonds. The minimum atomic E-state index is -0.419. The Balaban J connectivity index is 2.38. The third-order valence-corrected chi connectivity index (χ3v) is 2.54. The van der Waals surface area contributed by atoms with Gasteiger partial charge in [-0.15, -0.1) is 0 Å². The second kappa shape index (κ2) is 4.79. The number of nitrogens with two attached hydrogens (primary N) is 1. The molecule has 0 saturated carbocycles. The van der Waals surface area contributed by atoms with E-state index in [0.717, 1.165) is 16.7 Å². The zero-order chi connectivity index (χ0) is 13.1. The summed E-state index contributed by atoms with van der Waals surface area (Å²) in [6.07, 6.45) is 0. The smallest absolute Gasteiger partial charge is 0.296 e. The van der Waals surface area contributed by atoms with E-state index >= 15 is 0 Å². The lowest BCUT2D eigenvalue weighted by molar-refractivity contribution is 0.0998. The monoisotopic (exact) mass is 246 g/mol. The van der Waals surface area contributed by atoms with E-state index in [1.807, 2.05) is 18.2 Å². The highest BCUT2D eigenvalue weighted by Crippen LogP contribution is 2.21. The summed E-state index contributed by atoms with van der Waals surface area (Å²) in [7, 11) is 3.19. The van der Waals surface area contributed by atoms with Crippen molar-refractivity contribution in [2.24, 2.45) is 10.7 Å². The lowest BCUT2D eigenvalue weighted by Gasteiger charge is -1.97. The van der Waals surface area contributed by atoms with Gasteiger partial charge in [0.15, 0.2) is 5.96 Å². The predicted molar refractivity (Wildman–Crippen MR) is 69.9 cm³/mol. The highest BCUT2D eigenvalue weighted by molar-refractivity contribution is 6.04. The number of H-pyrrole nitrogens is 1. The van der Waals surface area contributed by atoms with Crippen molar-refractivity contribution in [2.45, 2.75) is 0 Å². The maximum absolute atomic E-state index is 11.8. The molecule has 0 aliphatic carbocycles. The fourth-order valence-corrected chi connectivity index (χ4v) is 1.58. The lowest BCUT2D eigenvalue weighted by Crippen LogP contribution is -2.28. The number of aromatic amines is 1. The summed E-state index contributed by atoms with van der Waals surface area (Å²) >= 11 is 0. The number of methoxy groups -OCH3 is 1. The van der Waals surface area contributed by atoms with E-state index < -0.39 is 5.91 Å². The zero-order valence-corrected chi connectivity index (χ0v) is 10.2. The second-order valence-corrected chi connectivity index (χ2v) is 3.69. The van der Waals surface area contributed by atoms with Gasteiger partial charge in [0.25, 0.3) is 5.91 Å². The molecular weight excluding hydrogens is 232 g/mol. The summed E-state index contributed by atoms with van der Waals surface area (Å²) in [4.78, 5) is 18.4. The van der Waals surface area contributed by atoms with E-state index in [-0.39, 0.29) is 5.96 Å². The SMILES string of the molecule is CNC(N)=NC(=O)c1cc2cc(OC)ccc2[nH]1. The number of benzene rings is 1. The van der Waals surface area contributed by atoms with Gasteiger partial charge in [0.1, 0.15) is 11.4 Å². The van der Waals surface area contributed by atoms with E-state index in [0.29, 0.717) is 5.69 Å². The molecule has 1 aromatic heterocycles. The van der Waals surface area contributed by atoms with Gasteiger partial charge in [-0.1, -0.05) is 0 Å². The molecule has 2 aromatic rings. The maximum atomic E-state index is 11.8. The summed E-state index contributed by atoms with van der Waals surface area (Å²) in [5, 5.41) is 3.48. The van der Waals surface area contributed by atoms with Gasteiger partial charge in [0.2, 0.25) is 0 Å². The molecule has 0 aliphatic heterocycles. The molecule has 0 atom stereocenters. The second-order valence-electron chi connectivity index (χ2n) is 3.69. The highest BCUT2D eigenvalue weighted by atomic mass is 16.5. The quantitative estimate of drug-likeness (QED) is 0.541. The van der Waals surface area contributed by atoms with Gasteiger partial charge in [0.05, 0.1) is 7.11 Å². The van der Waals surface area contributed by atoms with Gasteiger partial charge in [-0.3, -0.25) is 4.79 Å². The third-order valence-electron chi connectivity index (χ3n) is 2.54. The Hall–Kier alpha value is -2.50. The van der Waals surface area contributed by atoms with Crippen LogP contribution in [0.5, 0.6) is 5.75 Å². The number of fused-ring (bicyclic) bond motifs is 1. The molecule has 0 bridgehead atoms. The molecule has 94 valence electrons. The van der Waals surface area contributed by atoms with Crippen LogP contribution in [0.3, 0.4) is 0 Å². The number of ether oxygens (including phenoxy) is 1. The molecule has 6 heteroatoms. The molecule has 0 spiro atoms. The first-order valence-electron chi connectivity index (χ1n) is 5.37. The molecule has 4 N–H and O–H groups in total. The normalized spacial score (nSPS) is 11.6. The number of carbonyl (C=O) groups excluding carboxylic acids is 1. The number of hydrogen-bond acceptors (Lipinski definition) is 2. The molecule has 2 rings (SSSR count). The summed E-state index contributed by atoms with van der Waals surface area (Å²) in [5.41, 5.74) is 6.67. The number of amides is 1. The van der Waals surface area contributed by atoms with Crippen molar-refractivity contribution in [1.29, 1.82) is 0 Å². The number of aromatic nitrogens is 1. The first-order valence-corrected chi connectivity index (χ1v) is 5.37. The number of nitrogens with zero attached hydrogens (tertiary/aromatic N) is 1. The summed E-state index contributed by atoms with van der Waals surface area (Å²) in [6.45, 7) is 0. The van der Waals surface area contributed by atoms with Crippen molar-refractivity contribution in [2.75, 3.05) is 14.2 Å². The van der Waals surface area contributed by atoms with E-state index in [2.05, 4.69) is 15.3 Å². The Morgan fingerprint density at radius 1 is 1.44 bits per heavy atom. The first kappa shape index (κ1) is 12.0. The van der Waals surface area contributed by atoms with Crippen LogP contribution in [0.4, 0.5) is 0 Å². The van der Waals surface area contributed by atoms with Gasteiger partial charge < -0.3 is 20.8 Å². The number of carbonyl (C=O) groups is 1. The Morgan fingerprint density at radius 3 is 2.89 bits per heavy atom. The van der Waals surface area contributed by atoms with Crippen LogP contribution in [0.2, 0.25) is 0 Å². The van der Waals surface area contributed by atoms with Crippen LogP contribution in [0.25, 0.3) is 10.9 Å². The van der Waals surface area contributed by atoms with Crippen LogP contribution >= 0.6 is 0 Å². The average molecular weight is 246 g/mol. The van der Waals surface area contributed by atoms with Crippen molar-refractivity contribution in [3.8, 4) is 5.75 Å². The van der Waals surface area contributed by atoms with Crippen LogP contribution in [0, 0.1) is 0 Å². The number of rotatable bonds is 2. The van der Waals surface area contributed by atoms with Gasteiger partial charge in [-0.25, -0.2) is 0 Å². The molecule has 1 heterocycles. The molecule has 0 unspecified atom stereocenters. The summed E-state index contributed by atoms with van der Waals surface area (Å²) in [5.74, 6) is 0.395. The Morgan fingerprint density at radius 2 is 2.22 bits per heavy atom. The van der Waals surface area contributed by atoms with Gasteiger partial charge >= 0.3 is 0 Å². The Kier molecular flexibility index (Phi) is 3.18. The Labute approximate surface area is 104 Å². The summed E-state index contributed by atoms with van der Waals surface area (Å²) < 4.78 is 5.12. The van der Waals surface area contributed by atoms with Crippen molar-refractivity contribution < 1.29 is 9.53 Å². The number of aliphatic imine (C=N–C) groups is 1. The minimum Gasteiger partial charge on any atom is -0.497 e. The third kappa shape index (κ3) is 2.27. The van der Waals surface area contributed by atoms with Gasteiger partial charge in [-0.05, 0) is 24.3 Å². The lowest BCUT2D eigenvalue weighted by atomic mass is 10.2. The molecule has 0 aliphatic rings. The molecular formula is C12H14N4O2. The summed E-state index contributed by atoms with van der Waals surface area (Å²) in [6, 6.07) is 7.22. The van der Waals surface area contributed by atoms with E-state index in [4.69, 9.17) is 10.5 Å². The predicted octanol–water partition coefficient (Wildman–Crippen LogP) is 0.851. The standard InChI is InChI=1S/C12H14N4O2/c1-14-12(13)16-11(17)10-6-7-5-8(18-2)3-4-9(7)15-10/h3-6,15H,1-2H3,(H3,13,14,16,17). The van der Waals surface area contributed by atoms with E-state index in [9.17, 15) is 4.79 Å². The molecule has 6 nitrogen and oxygen atoms in total. The van der Waals surface area contributed by atoms with Crippen molar-refractivity contribution in [3.05, 3.63) is 30.0 Å². The van der Waals surface area contributed by atoms with Crippen LogP contribution < -0.4 is 15.8 Å². The number of guanidine groups is 1. The topological polar surface area (TPSA) is 92.5 Å². The van der Waals surface area contributed by atoms with Crippen LogP contribution in [-0.4, -0.2) is 31.0 Å². The van der Waals surface area contributed by atoms with Crippen LogP contribution in [-0.2, 0) is 0 Å². The van der Waals surface area contributed by atoms with Gasteiger partial charge in [-0.2, -0.15) is 4.99 Å². The Bertz CT molecular complexity index is 616. The van der Waals surface area contributed by atoms with Crippen LogP contribution in [0.1, 0.15) is 10.5 Å². The molecule has 0 saturated heterocycles. The number of hydrogen-bond donors (Lipinski definition) is 3. The molecule has 1 aromatic carbocycles. The first-order chi connectivity index (χ1) is 8.63. The van der Waals surface area contributed by atoms with Gasteiger partial charge in [0, 0.05) is 18.0 Å². The number of nitrogens with one attached hydrogen (secondary N) is 2. The van der Waals surface area contributed by atoms with Crippen molar-refractivity contribution in [1.82, 2.24) is 10.3 Å². The fourth-order valence-electron chi connectivity index (χ4n) is 1.58.